The molecule has 5 nitrogen and oxygen atoms in total. The van der Waals surface area contributed by atoms with Gasteiger partial charge in [-0.1, -0.05) is 78.1 Å². The molecule has 7 rings (SSSR count). The van der Waals surface area contributed by atoms with Gasteiger partial charge < -0.3 is 9.30 Å². The highest BCUT2D eigenvalue weighted by Gasteiger charge is 2.34. The van der Waals surface area contributed by atoms with Crippen LogP contribution in [0.25, 0.3) is 22.7 Å². The average Bonchev–Trinajstić information content (AvgIpc) is 3.48. The second-order valence-corrected chi connectivity index (χ2v) is 10.9. The summed E-state index contributed by atoms with van der Waals surface area (Å²) in [6.45, 7) is 4.61. The second-order valence-electron chi connectivity index (χ2n) is 9.90. The summed E-state index contributed by atoms with van der Waals surface area (Å²) in [5, 5.41) is 1.11. The van der Waals surface area contributed by atoms with Gasteiger partial charge in [0.1, 0.15) is 5.75 Å². The fourth-order valence-electron chi connectivity index (χ4n) is 6.01. The van der Waals surface area contributed by atoms with E-state index in [0.29, 0.717) is 15.9 Å². The van der Waals surface area contributed by atoms with Crippen molar-refractivity contribution in [3.8, 4) is 5.75 Å². The molecule has 2 aliphatic rings. The molecule has 0 N–H and O–H groups in total. The zero-order valence-electron chi connectivity index (χ0n) is 21.6. The summed E-state index contributed by atoms with van der Waals surface area (Å²) >= 11 is 1.45. The van der Waals surface area contributed by atoms with E-state index in [1.807, 2.05) is 47.1 Å². The van der Waals surface area contributed by atoms with E-state index in [0.717, 1.165) is 51.9 Å². The molecule has 0 fully saturated rings. The lowest BCUT2D eigenvalue weighted by Gasteiger charge is -2.31. The number of hydrogen-bond donors (Lipinski definition) is 0. The third-order valence-corrected chi connectivity index (χ3v) is 8.72. The van der Waals surface area contributed by atoms with Crippen LogP contribution in [0.2, 0.25) is 0 Å². The standard InChI is InChI=1S/C33H27N3O2S/c1-3-18-35-20-22(23-11-6-8-14-27(23)35)19-29-32(37)36-31(25-13-7-9-15-28(25)38-2)26-17-16-21-10-4-5-12-24(21)30(26)34-33(36)39-29/h3-15,19-20,31H,1,16-18H2,2H3/b29-19+/t31-/m0/s1. The maximum Gasteiger partial charge on any atom is 0.271 e. The van der Waals surface area contributed by atoms with Crippen LogP contribution >= 0.6 is 11.3 Å². The number of para-hydroxylation sites is 2. The number of aryl methyl sites for hydroxylation is 1. The number of rotatable bonds is 5. The molecule has 0 saturated carbocycles. The Labute approximate surface area is 230 Å². The van der Waals surface area contributed by atoms with Gasteiger partial charge in [-0.2, -0.15) is 0 Å². The van der Waals surface area contributed by atoms with Crippen LogP contribution in [-0.4, -0.2) is 16.2 Å². The van der Waals surface area contributed by atoms with Crippen LogP contribution in [0.4, 0.5) is 0 Å². The first kappa shape index (κ1) is 23.7. The highest BCUT2D eigenvalue weighted by molar-refractivity contribution is 7.07. The van der Waals surface area contributed by atoms with Gasteiger partial charge in [-0.3, -0.25) is 9.36 Å². The molecule has 0 radical (unpaired) electrons. The quantitative estimate of drug-likeness (QED) is 0.284. The van der Waals surface area contributed by atoms with Crippen molar-refractivity contribution in [3.05, 3.63) is 139 Å². The number of fused-ring (bicyclic) bond motifs is 4. The molecule has 1 atom stereocenters. The Morgan fingerprint density at radius 2 is 1.85 bits per heavy atom. The van der Waals surface area contributed by atoms with Crippen LogP contribution in [-0.2, 0) is 13.0 Å². The van der Waals surface area contributed by atoms with E-state index in [9.17, 15) is 4.79 Å². The molecule has 0 saturated heterocycles. The van der Waals surface area contributed by atoms with Crippen molar-refractivity contribution in [2.24, 2.45) is 4.99 Å². The van der Waals surface area contributed by atoms with Crippen molar-refractivity contribution < 1.29 is 4.74 Å². The number of nitrogens with zero attached hydrogens (tertiary/aromatic N) is 3. The highest BCUT2D eigenvalue weighted by Crippen LogP contribution is 2.43. The fourth-order valence-corrected chi connectivity index (χ4v) is 7.00. The summed E-state index contributed by atoms with van der Waals surface area (Å²) in [7, 11) is 1.69. The molecule has 0 unspecified atom stereocenters. The lowest BCUT2D eigenvalue weighted by Crippen LogP contribution is -2.38. The van der Waals surface area contributed by atoms with E-state index in [1.165, 1.54) is 22.5 Å². The van der Waals surface area contributed by atoms with E-state index in [4.69, 9.17) is 9.73 Å². The van der Waals surface area contributed by atoms with Crippen molar-refractivity contribution >= 4 is 34.0 Å². The molecule has 39 heavy (non-hydrogen) atoms. The monoisotopic (exact) mass is 529 g/mol. The number of thiazole rings is 1. The summed E-state index contributed by atoms with van der Waals surface area (Å²) in [5.74, 6) is 0.775. The summed E-state index contributed by atoms with van der Waals surface area (Å²) in [6, 6.07) is 24.5. The molecule has 3 aromatic carbocycles. The molecule has 1 aliphatic heterocycles. The van der Waals surface area contributed by atoms with Crippen LogP contribution in [0.3, 0.4) is 0 Å². The molecule has 0 amide bonds. The molecule has 2 aromatic heterocycles. The predicted molar refractivity (Wildman–Crippen MR) is 158 cm³/mol. The minimum Gasteiger partial charge on any atom is -0.496 e. The third kappa shape index (κ3) is 3.74. The molecular weight excluding hydrogens is 502 g/mol. The lowest BCUT2D eigenvalue weighted by molar-refractivity contribution is 0.402. The molecular formula is C33H27N3O2S. The average molecular weight is 530 g/mol. The Kier molecular flexibility index (Phi) is 5.71. The Balaban J connectivity index is 1.50. The van der Waals surface area contributed by atoms with Gasteiger partial charge in [0.15, 0.2) is 4.80 Å². The Morgan fingerprint density at radius 1 is 1.05 bits per heavy atom. The maximum atomic E-state index is 14.2. The SMILES string of the molecule is C=CCn1cc(/C=c2/sc3n(c2=O)[C@@H](c2ccccc2OC)C2=C(N=3)c3ccccc3CC2)c2ccccc21. The van der Waals surface area contributed by atoms with Gasteiger partial charge in [0.2, 0.25) is 0 Å². The summed E-state index contributed by atoms with van der Waals surface area (Å²) in [4.78, 5) is 20.0. The number of benzene rings is 3. The smallest absolute Gasteiger partial charge is 0.271 e. The Morgan fingerprint density at radius 3 is 2.72 bits per heavy atom. The van der Waals surface area contributed by atoms with Crippen LogP contribution in [0.1, 0.15) is 34.7 Å². The molecule has 192 valence electrons. The normalized spacial score (nSPS) is 16.4. The van der Waals surface area contributed by atoms with Crippen LogP contribution in [0.15, 0.2) is 107 Å². The van der Waals surface area contributed by atoms with Crippen molar-refractivity contribution in [1.82, 2.24) is 9.13 Å². The van der Waals surface area contributed by atoms with Crippen LogP contribution in [0.5, 0.6) is 5.75 Å². The van der Waals surface area contributed by atoms with E-state index in [1.54, 1.807) is 7.11 Å². The second kappa shape index (κ2) is 9.40. The molecule has 6 heteroatoms. The number of methoxy groups -OCH3 is 1. The highest BCUT2D eigenvalue weighted by atomic mass is 32.1. The predicted octanol–water partition coefficient (Wildman–Crippen LogP) is 5.47. The third-order valence-electron chi connectivity index (χ3n) is 7.74. The van der Waals surface area contributed by atoms with Crippen molar-refractivity contribution in [2.75, 3.05) is 7.11 Å². The van der Waals surface area contributed by atoms with E-state index in [-0.39, 0.29) is 11.6 Å². The van der Waals surface area contributed by atoms with Crippen molar-refractivity contribution in [2.45, 2.75) is 25.4 Å². The van der Waals surface area contributed by atoms with E-state index < -0.39 is 0 Å². The Hall–Kier alpha value is -4.42. The first-order valence-electron chi connectivity index (χ1n) is 13.1. The van der Waals surface area contributed by atoms with Gasteiger partial charge in [0.25, 0.3) is 5.56 Å². The molecule has 1 aliphatic carbocycles. The minimum absolute atomic E-state index is 0.0272. The zero-order valence-corrected chi connectivity index (χ0v) is 22.4. The largest absolute Gasteiger partial charge is 0.496 e. The topological polar surface area (TPSA) is 48.5 Å². The van der Waals surface area contributed by atoms with Crippen LogP contribution in [0, 0.1) is 0 Å². The minimum atomic E-state index is -0.273. The lowest BCUT2D eigenvalue weighted by atomic mass is 9.83. The first-order valence-corrected chi connectivity index (χ1v) is 13.9. The zero-order chi connectivity index (χ0) is 26.5. The van der Waals surface area contributed by atoms with Crippen molar-refractivity contribution in [3.63, 3.8) is 0 Å². The van der Waals surface area contributed by atoms with Gasteiger partial charge >= 0.3 is 0 Å². The van der Waals surface area contributed by atoms with E-state index in [2.05, 4.69) is 59.8 Å². The van der Waals surface area contributed by atoms with E-state index >= 15 is 0 Å². The van der Waals surface area contributed by atoms with Gasteiger partial charge in [-0.05, 0) is 42.2 Å². The van der Waals surface area contributed by atoms with Crippen LogP contribution < -0.4 is 19.6 Å². The fraction of sp³-hybridized carbons (Fsp3) is 0.152. The van der Waals surface area contributed by atoms with Crippen molar-refractivity contribution in [1.29, 1.82) is 0 Å². The van der Waals surface area contributed by atoms with Gasteiger partial charge in [-0.15, -0.1) is 6.58 Å². The summed E-state index contributed by atoms with van der Waals surface area (Å²) in [5.41, 5.74) is 7.70. The summed E-state index contributed by atoms with van der Waals surface area (Å²) in [6.07, 6.45) is 7.77. The molecule has 5 aromatic rings. The van der Waals surface area contributed by atoms with Gasteiger partial charge in [0.05, 0.1) is 23.4 Å². The molecule has 3 heterocycles. The molecule has 0 bridgehead atoms. The maximum absolute atomic E-state index is 14.2. The molecule has 0 spiro atoms. The number of hydrogen-bond acceptors (Lipinski definition) is 4. The number of allylic oxidation sites excluding steroid dienone is 2. The van der Waals surface area contributed by atoms with Gasteiger partial charge in [-0.25, -0.2) is 4.99 Å². The summed E-state index contributed by atoms with van der Waals surface area (Å²) < 4.78 is 10.5. The van der Waals surface area contributed by atoms with Gasteiger partial charge in [0, 0.05) is 40.3 Å². The first-order chi connectivity index (χ1) is 19.2. The number of ether oxygens (including phenoxy) is 1. The Bertz CT molecular complexity index is 1990. The number of aromatic nitrogens is 2.